The molecule has 0 radical (unpaired) electrons. The highest BCUT2D eigenvalue weighted by Crippen LogP contribution is 2.25. The van der Waals surface area contributed by atoms with Crippen LogP contribution in [0, 0.1) is 6.92 Å². The number of rotatable bonds is 12. The third-order valence-corrected chi connectivity index (χ3v) is 8.35. The number of aryl methyl sites for hydroxylation is 1. The van der Waals surface area contributed by atoms with E-state index in [0.717, 1.165) is 17.4 Å². The highest BCUT2D eigenvalue weighted by atomic mass is 35.5. The fourth-order valence-corrected chi connectivity index (χ4v) is 6.05. The topological polar surface area (TPSA) is 86.8 Å². The van der Waals surface area contributed by atoms with E-state index in [9.17, 15) is 18.0 Å². The molecule has 10 heteroatoms. The molecule has 42 heavy (non-hydrogen) atoms. The number of halogens is 2. The number of carbonyl (C=O) groups excluding carboxylic acids is 2. The van der Waals surface area contributed by atoms with Crippen LogP contribution in [-0.4, -0.2) is 49.5 Å². The normalized spacial score (nSPS) is 12.5. The summed E-state index contributed by atoms with van der Waals surface area (Å²) >= 11 is 12.6. The summed E-state index contributed by atoms with van der Waals surface area (Å²) < 4.78 is 26.6. The number of amides is 2. The number of hydrogen-bond acceptors (Lipinski definition) is 4. The molecule has 0 bridgehead atoms. The lowest BCUT2D eigenvalue weighted by molar-refractivity contribution is -0.142. The van der Waals surface area contributed by atoms with Crippen molar-refractivity contribution in [2.45, 2.75) is 65.1 Å². The van der Waals surface area contributed by atoms with Crippen LogP contribution in [0.1, 0.15) is 50.3 Å². The standard InChI is InChI=1S/C32H39Cl2N3O4S/c1-23-11-9-14-27(19-23)37(42(5,40)41)18-10-15-30(38)36(22-25-16-17-26(33)21-28(25)34)29(31(39)35-32(2,3)4)20-24-12-7-6-8-13-24/h6-9,11-14,16-17,19,21,29H,10,15,18,20,22H2,1-5H3,(H,35,39)/t29-/m1/s1. The number of carbonyl (C=O) groups is 2. The van der Waals surface area contributed by atoms with Gasteiger partial charge in [0.1, 0.15) is 6.04 Å². The Morgan fingerprint density at radius 2 is 1.64 bits per heavy atom. The van der Waals surface area contributed by atoms with Crippen molar-refractivity contribution >= 4 is 50.7 Å². The van der Waals surface area contributed by atoms with E-state index in [4.69, 9.17) is 23.2 Å². The van der Waals surface area contributed by atoms with Gasteiger partial charge in [0.15, 0.2) is 0 Å². The smallest absolute Gasteiger partial charge is 0.243 e. The van der Waals surface area contributed by atoms with Gasteiger partial charge in [-0.15, -0.1) is 0 Å². The molecular weight excluding hydrogens is 593 g/mol. The lowest BCUT2D eigenvalue weighted by atomic mass is 10.00. The van der Waals surface area contributed by atoms with Gasteiger partial charge < -0.3 is 10.2 Å². The first-order valence-corrected chi connectivity index (χ1v) is 16.4. The molecule has 0 saturated heterocycles. The summed E-state index contributed by atoms with van der Waals surface area (Å²) in [5, 5.41) is 3.88. The minimum Gasteiger partial charge on any atom is -0.350 e. The Labute approximate surface area is 259 Å². The van der Waals surface area contributed by atoms with Crippen LogP contribution in [0.2, 0.25) is 10.0 Å². The van der Waals surface area contributed by atoms with Gasteiger partial charge in [-0.05, 0) is 75.1 Å². The van der Waals surface area contributed by atoms with E-state index in [1.54, 1.807) is 41.3 Å². The van der Waals surface area contributed by atoms with Crippen molar-refractivity contribution in [3.05, 3.63) is 99.5 Å². The van der Waals surface area contributed by atoms with Crippen molar-refractivity contribution in [3.8, 4) is 0 Å². The summed E-state index contributed by atoms with van der Waals surface area (Å²) in [6, 6.07) is 20.9. The van der Waals surface area contributed by atoms with Crippen LogP contribution in [0.4, 0.5) is 5.69 Å². The third kappa shape index (κ3) is 10.0. The fourth-order valence-electron chi connectivity index (χ4n) is 4.63. The average Bonchev–Trinajstić information content (AvgIpc) is 2.88. The van der Waals surface area contributed by atoms with Gasteiger partial charge in [0.2, 0.25) is 21.8 Å². The first-order chi connectivity index (χ1) is 19.6. The Balaban J connectivity index is 1.93. The zero-order valence-corrected chi connectivity index (χ0v) is 27.1. The van der Waals surface area contributed by atoms with E-state index in [2.05, 4.69) is 5.32 Å². The van der Waals surface area contributed by atoms with Crippen LogP contribution in [0.3, 0.4) is 0 Å². The summed E-state index contributed by atoms with van der Waals surface area (Å²) in [6.45, 7) is 7.74. The van der Waals surface area contributed by atoms with E-state index in [1.807, 2.05) is 64.1 Å². The number of nitrogens with zero attached hydrogens (tertiary/aromatic N) is 2. The van der Waals surface area contributed by atoms with Gasteiger partial charge in [-0.25, -0.2) is 8.42 Å². The second kappa shape index (κ2) is 14.4. The maximum absolute atomic E-state index is 14.0. The van der Waals surface area contributed by atoms with E-state index >= 15 is 0 Å². The molecule has 3 aromatic carbocycles. The zero-order chi connectivity index (χ0) is 31.1. The van der Waals surface area contributed by atoms with Gasteiger partial charge in [-0.2, -0.15) is 0 Å². The highest BCUT2D eigenvalue weighted by Gasteiger charge is 2.32. The van der Waals surface area contributed by atoms with Gasteiger partial charge in [-0.1, -0.05) is 71.7 Å². The van der Waals surface area contributed by atoms with Crippen LogP contribution in [0.15, 0.2) is 72.8 Å². The molecule has 0 fully saturated rings. The lowest BCUT2D eigenvalue weighted by Crippen LogP contribution is -2.54. The quantitative estimate of drug-likeness (QED) is 0.250. The molecule has 3 rings (SSSR count). The summed E-state index contributed by atoms with van der Waals surface area (Å²) in [5.74, 6) is -0.578. The predicted octanol–water partition coefficient (Wildman–Crippen LogP) is 6.40. The maximum Gasteiger partial charge on any atom is 0.243 e. The molecule has 0 aliphatic carbocycles. The summed E-state index contributed by atoms with van der Waals surface area (Å²) in [7, 11) is -3.59. The van der Waals surface area contributed by atoms with Crippen molar-refractivity contribution < 1.29 is 18.0 Å². The van der Waals surface area contributed by atoms with Gasteiger partial charge >= 0.3 is 0 Å². The Bertz CT molecular complexity index is 1490. The second-order valence-electron chi connectivity index (χ2n) is 11.5. The average molecular weight is 633 g/mol. The Kier molecular flexibility index (Phi) is 11.5. The molecular formula is C32H39Cl2N3O4S. The van der Waals surface area contributed by atoms with Crippen LogP contribution in [0.5, 0.6) is 0 Å². The summed E-state index contributed by atoms with van der Waals surface area (Å²) in [4.78, 5) is 29.2. The van der Waals surface area contributed by atoms with Crippen molar-refractivity contribution in [2.24, 2.45) is 0 Å². The van der Waals surface area contributed by atoms with Crippen molar-refractivity contribution in [2.75, 3.05) is 17.1 Å². The summed E-state index contributed by atoms with van der Waals surface area (Å²) in [5.41, 5.74) is 2.49. The third-order valence-electron chi connectivity index (χ3n) is 6.57. The zero-order valence-electron chi connectivity index (χ0n) is 24.7. The van der Waals surface area contributed by atoms with Gasteiger partial charge in [-0.3, -0.25) is 13.9 Å². The molecule has 0 aromatic heterocycles. The number of hydrogen-bond donors (Lipinski definition) is 1. The van der Waals surface area contributed by atoms with Gasteiger partial charge in [0.25, 0.3) is 0 Å². The molecule has 1 N–H and O–H groups in total. The largest absolute Gasteiger partial charge is 0.350 e. The monoisotopic (exact) mass is 631 g/mol. The Hall–Kier alpha value is -3.07. The Morgan fingerprint density at radius 1 is 0.952 bits per heavy atom. The van der Waals surface area contributed by atoms with Crippen LogP contribution >= 0.6 is 23.2 Å². The van der Waals surface area contributed by atoms with Crippen LogP contribution < -0.4 is 9.62 Å². The van der Waals surface area contributed by atoms with Gasteiger partial charge in [0.05, 0.1) is 11.9 Å². The lowest BCUT2D eigenvalue weighted by Gasteiger charge is -2.34. The molecule has 0 aliphatic heterocycles. The number of nitrogens with one attached hydrogen (secondary N) is 1. The molecule has 2 amide bonds. The van der Waals surface area contributed by atoms with Gasteiger partial charge in [0, 0.05) is 41.5 Å². The molecule has 0 saturated carbocycles. The van der Waals surface area contributed by atoms with Crippen molar-refractivity contribution in [1.82, 2.24) is 10.2 Å². The SMILES string of the molecule is Cc1cccc(N(CCCC(=O)N(Cc2ccc(Cl)cc2Cl)[C@H](Cc2ccccc2)C(=O)NC(C)(C)C)S(C)(=O)=O)c1. The van der Waals surface area contributed by atoms with Crippen molar-refractivity contribution in [3.63, 3.8) is 0 Å². The number of sulfonamides is 1. The highest BCUT2D eigenvalue weighted by molar-refractivity contribution is 7.92. The molecule has 7 nitrogen and oxygen atoms in total. The first-order valence-electron chi connectivity index (χ1n) is 13.8. The first kappa shape index (κ1) is 33.4. The van der Waals surface area contributed by atoms with E-state index in [0.29, 0.717) is 27.7 Å². The van der Waals surface area contributed by atoms with Crippen LogP contribution in [0.25, 0.3) is 0 Å². The number of anilines is 1. The summed E-state index contributed by atoms with van der Waals surface area (Å²) in [6.07, 6.45) is 1.72. The van der Waals surface area contributed by atoms with Crippen LogP contribution in [-0.2, 0) is 32.6 Å². The van der Waals surface area contributed by atoms with E-state index in [1.165, 1.54) is 4.31 Å². The minimum absolute atomic E-state index is 0.0249. The van der Waals surface area contributed by atoms with E-state index in [-0.39, 0.29) is 37.7 Å². The Morgan fingerprint density at radius 3 is 2.24 bits per heavy atom. The fraction of sp³-hybridized carbons (Fsp3) is 0.375. The van der Waals surface area contributed by atoms with E-state index < -0.39 is 21.6 Å². The molecule has 0 spiro atoms. The number of benzene rings is 3. The molecule has 0 aliphatic rings. The molecule has 0 heterocycles. The molecule has 1 atom stereocenters. The second-order valence-corrected chi connectivity index (χ2v) is 14.2. The molecule has 226 valence electrons. The maximum atomic E-state index is 14.0. The predicted molar refractivity (Wildman–Crippen MR) is 171 cm³/mol. The molecule has 0 unspecified atom stereocenters. The molecule has 3 aromatic rings. The van der Waals surface area contributed by atoms with Crippen molar-refractivity contribution in [1.29, 1.82) is 0 Å². The minimum atomic E-state index is -3.59.